The second-order valence-electron chi connectivity index (χ2n) is 6.33. The number of imidazole rings is 1. The lowest BCUT2D eigenvalue weighted by molar-refractivity contribution is 0.729. The van der Waals surface area contributed by atoms with E-state index in [1.807, 2.05) is 23.8 Å². The van der Waals surface area contributed by atoms with E-state index in [-0.39, 0.29) is 5.41 Å². The van der Waals surface area contributed by atoms with Gasteiger partial charge in [0.05, 0.1) is 5.69 Å². The van der Waals surface area contributed by atoms with Crippen LogP contribution in [0.5, 0.6) is 0 Å². The van der Waals surface area contributed by atoms with Crippen molar-refractivity contribution in [3.63, 3.8) is 0 Å². The van der Waals surface area contributed by atoms with Crippen LogP contribution in [0.15, 0.2) is 53.7 Å². The number of hydrogen-bond acceptors (Lipinski definition) is 4. The van der Waals surface area contributed by atoms with Crippen molar-refractivity contribution in [2.45, 2.75) is 25.2 Å². The molecule has 0 unspecified atom stereocenters. The summed E-state index contributed by atoms with van der Waals surface area (Å²) in [5.74, 6) is 1.66. The Balaban J connectivity index is 1.50. The van der Waals surface area contributed by atoms with Gasteiger partial charge in [0.25, 0.3) is 0 Å². The first-order chi connectivity index (χ1) is 11.6. The minimum atomic E-state index is 0.223. The smallest absolute Gasteiger partial charge is 0.143 e. The number of hydrogen-bond donors (Lipinski definition) is 1. The van der Waals surface area contributed by atoms with E-state index < -0.39 is 0 Å². The summed E-state index contributed by atoms with van der Waals surface area (Å²) in [6, 6.07) is 10.5. The molecule has 3 aromatic rings. The molecule has 4 rings (SSSR count). The van der Waals surface area contributed by atoms with Gasteiger partial charge in [-0.05, 0) is 37.5 Å². The Kier molecular flexibility index (Phi) is 3.84. The summed E-state index contributed by atoms with van der Waals surface area (Å²) in [7, 11) is 0. The molecule has 2 aromatic heterocycles. The van der Waals surface area contributed by atoms with Crippen LogP contribution in [0.25, 0.3) is 5.82 Å². The zero-order valence-corrected chi connectivity index (χ0v) is 15.0. The van der Waals surface area contributed by atoms with Crippen molar-refractivity contribution >= 4 is 21.7 Å². The van der Waals surface area contributed by atoms with Crippen molar-refractivity contribution < 1.29 is 0 Å². The molecule has 1 aliphatic carbocycles. The fourth-order valence-corrected chi connectivity index (χ4v) is 3.33. The van der Waals surface area contributed by atoms with Gasteiger partial charge < -0.3 is 5.32 Å². The third-order valence-electron chi connectivity index (χ3n) is 4.53. The number of nitrogens with one attached hydrogen (secondary N) is 1. The normalized spacial score (nSPS) is 15.2. The highest BCUT2D eigenvalue weighted by Crippen LogP contribution is 2.48. The van der Waals surface area contributed by atoms with Gasteiger partial charge in [0.1, 0.15) is 24.3 Å². The molecule has 122 valence electrons. The van der Waals surface area contributed by atoms with Crippen LogP contribution in [0.2, 0.25) is 0 Å². The second kappa shape index (κ2) is 6.02. The largest absolute Gasteiger partial charge is 0.369 e. The molecular formula is C18H18BrN5. The minimum Gasteiger partial charge on any atom is -0.369 e. The van der Waals surface area contributed by atoms with E-state index in [2.05, 4.69) is 60.5 Å². The van der Waals surface area contributed by atoms with E-state index in [0.717, 1.165) is 28.3 Å². The predicted molar refractivity (Wildman–Crippen MR) is 97.4 cm³/mol. The van der Waals surface area contributed by atoms with Gasteiger partial charge in [0, 0.05) is 28.7 Å². The van der Waals surface area contributed by atoms with Crippen molar-refractivity contribution in [1.29, 1.82) is 0 Å². The first-order valence-electron chi connectivity index (χ1n) is 7.98. The number of halogens is 1. The molecule has 0 saturated heterocycles. The average Bonchev–Trinajstić information content (AvgIpc) is 3.27. The zero-order chi connectivity index (χ0) is 16.6. The number of aromatic nitrogens is 4. The Morgan fingerprint density at radius 3 is 2.79 bits per heavy atom. The minimum absolute atomic E-state index is 0.223. The molecular weight excluding hydrogens is 366 g/mol. The Morgan fingerprint density at radius 1 is 1.21 bits per heavy atom. The van der Waals surface area contributed by atoms with Crippen molar-refractivity contribution in [3.8, 4) is 5.82 Å². The fourth-order valence-electron chi connectivity index (χ4n) is 2.93. The molecule has 0 amide bonds. The summed E-state index contributed by atoms with van der Waals surface area (Å²) < 4.78 is 3.04. The van der Waals surface area contributed by atoms with E-state index in [9.17, 15) is 0 Å². The summed E-state index contributed by atoms with van der Waals surface area (Å²) in [6.45, 7) is 2.84. The maximum absolute atomic E-state index is 4.35. The van der Waals surface area contributed by atoms with Crippen molar-refractivity contribution in [1.82, 2.24) is 19.5 Å². The van der Waals surface area contributed by atoms with E-state index >= 15 is 0 Å². The molecule has 0 radical (unpaired) electrons. The third kappa shape index (κ3) is 3.06. The van der Waals surface area contributed by atoms with Crippen molar-refractivity contribution in [2.24, 2.45) is 0 Å². The van der Waals surface area contributed by atoms with Crippen LogP contribution in [0.4, 0.5) is 5.82 Å². The van der Waals surface area contributed by atoms with Crippen LogP contribution in [-0.2, 0) is 5.41 Å². The SMILES string of the molecule is Cc1cn(-c2cc(NCC3(c4cccc(Br)c4)CC3)ncn2)cn1. The summed E-state index contributed by atoms with van der Waals surface area (Å²) in [5.41, 5.74) is 2.57. The molecule has 0 aliphatic heterocycles. The highest BCUT2D eigenvalue weighted by Gasteiger charge is 2.44. The van der Waals surface area contributed by atoms with Crippen molar-refractivity contribution in [3.05, 3.63) is 64.9 Å². The topological polar surface area (TPSA) is 55.6 Å². The fraction of sp³-hybridized carbons (Fsp3) is 0.278. The van der Waals surface area contributed by atoms with Gasteiger partial charge in [-0.1, -0.05) is 28.1 Å². The maximum atomic E-state index is 4.35. The van der Waals surface area contributed by atoms with Gasteiger partial charge in [-0.3, -0.25) is 4.57 Å². The van der Waals surface area contributed by atoms with E-state index in [1.54, 1.807) is 12.7 Å². The summed E-state index contributed by atoms with van der Waals surface area (Å²) in [5, 5.41) is 3.48. The molecule has 0 spiro atoms. The highest BCUT2D eigenvalue weighted by molar-refractivity contribution is 9.10. The standard InChI is InChI=1S/C18H18BrN5/c1-13-9-24(12-23-13)17-8-16(21-11-22-17)20-10-18(5-6-18)14-3-2-4-15(19)7-14/h2-4,7-9,11-12H,5-6,10H2,1H3,(H,20,21,22). The number of nitrogens with zero attached hydrogens (tertiary/aromatic N) is 4. The molecule has 24 heavy (non-hydrogen) atoms. The van der Waals surface area contributed by atoms with E-state index in [1.165, 1.54) is 18.4 Å². The molecule has 1 fully saturated rings. The van der Waals surface area contributed by atoms with Crippen LogP contribution in [0.3, 0.4) is 0 Å². The molecule has 6 heteroatoms. The van der Waals surface area contributed by atoms with Gasteiger partial charge in [0.15, 0.2) is 0 Å². The lowest BCUT2D eigenvalue weighted by Gasteiger charge is -2.17. The van der Waals surface area contributed by atoms with Gasteiger partial charge in [-0.25, -0.2) is 15.0 Å². The predicted octanol–water partition coefficient (Wildman–Crippen LogP) is 3.88. The average molecular weight is 384 g/mol. The second-order valence-corrected chi connectivity index (χ2v) is 7.24. The van der Waals surface area contributed by atoms with Crippen LogP contribution in [-0.4, -0.2) is 26.1 Å². The number of benzene rings is 1. The third-order valence-corrected chi connectivity index (χ3v) is 5.02. The molecule has 1 aliphatic rings. The van der Waals surface area contributed by atoms with Crippen LogP contribution in [0, 0.1) is 6.92 Å². The van der Waals surface area contributed by atoms with Crippen LogP contribution in [0.1, 0.15) is 24.1 Å². The lowest BCUT2D eigenvalue weighted by atomic mass is 9.96. The quantitative estimate of drug-likeness (QED) is 0.726. The Morgan fingerprint density at radius 2 is 2.08 bits per heavy atom. The summed E-state index contributed by atoms with van der Waals surface area (Å²) in [4.78, 5) is 12.9. The number of aryl methyl sites for hydroxylation is 1. The maximum Gasteiger partial charge on any atom is 0.143 e. The first-order valence-corrected chi connectivity index (χ1v) is 8.77. The molecule has 0 bridgehead atoms. The molecule has 5 nitrogen and oxygen atoms in total. The summed E-state index contributed by atoms with van der Waals surface area (Å²) in [6.07, 6.45) is 7.72. The monoisotopic (exact) mass is 383 g/mol. The van der Waals surface area contributed by atoms with E-state index in [0.29, 0.717) is 0 Å². The zero-order valence-electron chi connectivity index (χ0n) is 13.4. The first kappa shape index (κ1) is 15.3. The Labute approximate surface area is 149 Å². The molecule has 0 atom stereocenters. The molecule has 2 heterocycles. The molecule has 1 aromatic carbocycles. The Bertz CT molecular complexity index is 869. The Hall–Kier alpha value is -2.21. The van der Waals surface area contributed by atoms with Gasteiger partial charge in [0.2, 0.25) is 0 Å². The van der Waals surface area contributed by atoms with Crippen LogP contribution < -0.4 is 5.32 Å². The van der Waals surface area contributed by atoms with Crippen molar-refractivity contribution in [2.75, 3.05) is 11.9 Å². The number of anilines is 1. The number of rotatable bonds is 5. The van der Waals surface area contributed by atoms with Gasteiger partial charge >= 0.3 is 0 Å². The van der Waals surface area contributed by atoms with Gasteiger partial charge in [-0.15, -0.1) is 0 Å². The summed E-state index contributed by atoms with van der Waals surface area (Å²) >= 11 is 3.57. The van der Waals surface area contributed by atoms with Gasteiger partial charge in [-0.2, -0.15) is 0 Å². The van der Waals surface area contributed by atoms with Crippen LogP contribution >= 0.6 is 15.9 Å². The van der Waals surface area contributed by atoms with E-state index in [4.69, 9.17) is 0 Å². The lowest BCUT2D eigenvalue weighted by Crippen LogP contribution is -2.20. The molecule has 1 N–H and O–H groups in total. The highest BCUT2D eigenvalue weighted by atomic mass is 79.9. The molecule has 1 saturated carbocycles.